The molecule has 17 heavy (non-hydrogen) atoms. The van der Waals surface area contributed by atoms with Crippen LogP contribution in [0.25, 0.3) is 0 Å². The van der Waals surface area contributed by atoms with Crippen LogP contribution in [0.4, 0.5) is 0 Å². The number of esters is 1. The normalized spacial score (nSPS) is 35.5. The van der Waals surface area contributed by atoms with E-state index in [4.69, 9.17) is 15.2 Å². The van der Waals surface area contributed by atoms with Crippen molar-refractivity contribution in [2.75, 3.05) is 13.2 Å². The first-order chi connectivity index (χ1) is 8.13. The molecule has 0 aromatic carbocycles. The van der Waals surface area contributed by atoms with Gasteiger partial charge in [0.15, 0.2) is 0 Å². The molecule has 0 aromatic heterocycles. The monoisotopic (exact) mass is 241 g/mol. The highest BCUT2D eigenvalue weighted by Crippen LogP contribution is 2.33. The van der Waals surface area contributed by atoms with E-state index in [0.717, 1.165) is 32.1 Å². The molecule has 1 aliphatic heterocycles. The maximum absolute atomic E-state index is 12.2. The lowest BCUT2D eigenvalue weighted by Gasteiger charge is -2.38. The standard InChI is InChI=1S/C13H23NO3/c1-10-4-2-3-7-13(10,14)12(15)17-11-5-8-16-9-6-11/h10-11H,2-9,14H2,1H3. The van der Waals surface area contributed by atoms with Gasteiger partial charge in [0.25, 0.3) is 0 Å². The number of carbonyl (C=O) groups is 1. The summed E-state index contributed by atoms with van der Waals surface area (Å²) in [5, 5.41) is 0. The second kappa shape index (κ2) is 5.36. The van der Waals surface area contributed by atoms with Crippen molar-refractivity contribution >= 4 is 5.97 Å². The quantitative estimate of drug-likeness (QED) is 0.746. The summed E-state index contributed by atoms with van der Waals surface area (Å²) in [7, 11) is 0. The maximum atomic E-state index is 12.2. The number of ether oxygens (including phenoxy) is 2. The Hall–Kier alpha value is -0.610. The molecule has 0 aromatic rings. The van der Waals surface area contributed by atoms with Crippen LogP contribution >= 0.6 is 0 Å². The van der Waals surface area contributed by atoms with Gasteiger partial charge in [-0.05, 0) is 18.8 Å². The molecule has 0 bridgehead atoms. The van der Waals surface area contributed by atoms with Crippen LogP contribution in [0.1, 0.15) is 45.4 Å². The molecule has 0 amide bonds. The average Bonchev–Trinajstić information content (AvgIpc) is 2.34. The lowest BCUT2D eigenvalue weighted by molar-refractivity contribution is -0.163. The number of hydrogen-bond acceptors (Lipinski definition) is 4. The summed E-state index contributed by atoms with van der Waals surface area (Å²) in [6, 6.07) is 0. The highest BCUT2D eigenvalue weighted by molar-refractivity contribution is 5.81. The van der Waals surface area contributed by atoms with E-state index < -0.39 is 5.54 Å². The molecule has 1 heterocycles. The van der Waals surface area contributed by atoms with Crippen LogP contribution in [-0.2, 0) is 14.3 Å². The summed E-state index contributed by atoms with van der Waals surface area (Å²) >= 11 is 0. The fourth-order valence-corrected chi connectivity index (χ4v) is 2.73. The van der Waals surface area contributed by atoms with Crippen LogP contribution in [0, 0.1) is 5.92 Å². The van der Waals surface area contributed by atoms with Gasteiger partial charge in [-0.2, -0.15) is 0 Å². The Morgan fingerprint density at radius 3 is 2.65 bits per heavy atom. The summed E-state index contributed by atoms with van der Waals surface area (Å²) in [4.78, 5) is 12.2. The third-order valence-electron chi connectivity index (χ3n) is 4.18. The van der Waals surface area contributed by atoms with Gasteiger partial charge < -0.3 is 15.2 Å². The zero-order valence-electron chi connectivity index (χ0n) is 10.6. The van der Waals surface area contributed by atoms with Crippen LogP contribution < -0.4 is 5.73 Å². The van der Waals surface area contributed by atoms with Crippen LogP contribution in [0.2, 0.25) is 0 Å². The predicted octanol–water partition coefficient (Wildman–Crippen LogP) is 1.62. The maximum Gasteiger partial charge on any atom is 0.326 e. The molecule has 2 unspecified atom stereocenters. The molecule has 1 saturated heterocycles. The first-order valence-corrected chi connectivity index (χ1v) is 6.70. The molecule has 2 rings (SSSR count). The van der Waals surface area contributed by atoms with Gasteiger partial charge in [-0.15, -0.1) is 0 Å². The third-order valence-corrected chi connectivity index (χ3v) is 4.18. The fraction of sp³-hybridized carbons (Fsp3) is 0.923. The zero-order valence-corrected chi connectivity index (χ0v) is 10.6. The average molecular weight is 241 g/mol. The van der Waals surface area contributed by atoms with Gasteiger partial charge in [0.2, 0.25) is 0 Å². The first-order valence-electron chi connectivity index (χ1n) is 6.70. The summed E-state index contributed by atoms with van der Waals surface area (Å²) in [6.45, 7) is 3.43. The highest BCUT2D eigenvalue weighted by atomic mass is 16.6. The van der Waals surface area contributed by atoms with E-state index in [2.05, 4.69) is 6.92 Å². The molecule has 2 atom stereocenters. The Labute approximate surface area is 103 Å². The van der Waals surface area contributed by atoms with Crippen LogP contribution in [0.3, 0.4) is 0 Å². The van der Waals surface area contributed by atoms with Crippen LogP contribution in [0.5, 0.6) is 0 Å². The Morgan fingerprint density at radius 2 is 2.00 bits per heavy atom. The summed E-state index contributed by atoms with van der Waals surface area (Å²) in [5.74, 6) is 0.0280. The minimum absolute atomic E-state index is 0.00537. The van der Waals surface area contributed by atoms with E-state index in [1.807, 2.05) is 0 Å². The zero-order chi connectivity index (χ0) is 12.3. The van der Waals surface area contributed by atoms with Crippen molar-refractivity contribution in [3.05, 3.63) is 0 Å². The number of carbonyl (C=O) groups excluding carboxylic acids is 1. The van der Waals surface area contributed by atoms with E-state index in [9.17, 15) is 4.79 Å². The van der Waals surface area contributed by atoms with Gasteiger partial charge in [-0.25, -0.2) is 0 Å². The lowest BCUT2D eigenvalue weighted by atomic mass is 9.74. The number of nitrogens with two attached hydrogens (primary N) is 1. The summed E-state index contributed by atoms with van der Waals surface area (Å²) in [5.41, 5.74) is 5.50. The number of hydrogen-bond donors (Lipinski definition) is 1. The van der Waals surface area contributed by atoms with Crippen molar-refractivity contribution in [2.45, 2.75) is 57.1 Å². The minimum atomic E-state index is -0.753. The molecule has 2 N–H and O–H groups in total. The molecule has 0 spiro atoms. The van der Waals surface area contributed by atoms with Gasteiger partial charge >= 0.3 is 5.97 Å². The molecule has 4 heteroatoms. The highest BCUT2D eigenvalue weighted by Gasteiger charge is 2.43. The van der Waals surface area contributed by atoms with Gasteiger partial charge in [0, 0.05) is 12.8 Å². The molecule has 1 aliphatic carbocycles. The lowest BCUT2D eigenvalue weighted by Crippen LogP contribution is -2.56. The topological polar surface area (TPSA) is 61.6 Å². The second-order valence-corrected chi connectivity index (χ2v) is 5.40. The Bertz CT molecular complexity index is 276. The molecule has 1 saturated carbocycles. The van der Waals surface area contributed by atoms with Crippen molar-refractivity contribution in [2.24, 2.45) is 11.7 Å². The SMILES string of the molecule is CC1CCCCC1(N)C(=O)OC1CCOCC1. The molecule has 4 nitrogen and oxygen atoms in total. The molecule has 0 radical (unpaired) electrons. The van der Waals surface area contributed by atoms with E-state index in [0.29, 0.717) is 13.2 Å². The predicted molar refractivity (Wildman–Crippen MR) is 64.5 cm³/mol. The third kappa shape index (κ3) is 2.80. The van der Waals surface area contributed by atoms with Crippen molar-refractivity contribution in [3.8, 4) is 0 Å². The Morgan fingerprint density at radius 1 is 1.29 bits per heavy atom. The van der Waals surface area contributed by atoms with Crippen LogP contribution in [-0.4, -0.2) is 30.8 Å². The molecular weight excluding hydrogens is 218 g/mol. The molecular formula is C13H23NO3. The fourth-order valence-electron chi connectivity index (χ4n) is 2.73. The van der Waals surface area contributed by atoms with Crippen molar-refractivity contribution in [1.29, 1.82) is 0 Å². The van der Waals surface area contributed by atoms with E-state index in [1.54, 1.807) is 0 Å². The van der Waals surface area contributed by atoms with E-state index in [1.165, 1.54) is 6.42 Å². The summed E-state index contributed by atoms with van der Waals surface area (Å²) in [6.07, 6.45) is 5.60. The van der Waals surface area contributed by atoms with E-state index >= 15 is 0 Å². The van der Waals surface area contributed by atoms with Crippen molar-refractivity contribution in [3.63, 3.8) is 0 Å². The van der Waals surface area contributed by atoms with Gasteiger partial charge in [-0.3, -0.25) is 4.79 Å². The summed E-state index contributed by atoms with van der Waals surface area (Å²) < 4.78 is 10.8. The number of rotatable bonds is 2. The van der Waals surface area contributed by atoms with Crippen molar-refractivity contribution < 1.29 is 14.3 Å². The first kappa shape index (κ1) is 12.8. The van der Waals surface area contributed by atoms with Crippen molar-refractivity contribution in [1.82, 2.24) is 0 Å². The Kier molecular flexibility index (Phi) is 4.05. The minimum Gasteiger partial charge on any atom is -0.461 e. The van der Waals surface area contributed by atoms with E-state index in [-0.39, 0.29) is 18.0 Å². The largest absolute Gasteiger partial charge is 0.461 e. The van der Waals surface area contributed by atoms with Gasteiger partial charge in [0.1, 0.15) is 11.6 Å². The molecule has 98 valence electrons. The van der Waals surface area contributed by atoms with Gasteiger partial charge in [-0.1, -0.05) is 19.8 Å². The van der Waals surface area contributed by atoms with Gasteiger partial charge in [0.05, 0.1) is 13.2 Å². The smallest absolute Gasteiger partial charge is 0.326 e. The molecule has 2 fully saturated rings. The Balaban J connectivity index is 1.93. The second-order valence-electron chi connectivity index (χ2n) is 5.40. The molecule has 2 aliphatic rings. The van der Waals surface area contributed by atoms with Crippen LogP contribution in [0.15, 0.2) is 0 Å².